The number of likely N-dealkylation sites (tertiary alicyclic amines) is 1. The molecule has 1 aliphatic rings. The predicted octanol–water partition coefficient (Wildman–Crippen LogP) is 2.18. The number of alkyl halides is 3. The topological polar surface area (TPSA) is 66.8 Å². The lowest BCUT2D eigenvalue weighted by Gasteiger charge is -2.32. The Bertz CT molecular complexity index is 692. The molecule has 0 aliphatic carbocycles. The van der Waals surface area contributed by atoms with E-state index in [1.165, 1.54) is 17.0 Å². The zero-order valence-electron chi connectivity index (χ0n) is 12.5. The molecule has 1 saturated heterocycles. The Hall–Kier alpha value is -2.32. The maximum Gasteiger partial charge on any atom is 0.434 e. The van der Waals surface area contributed by atoms with E-state index in [-0.39, 0.29) is 11.8 Å². The van der Waals surface area contributed by atoms with Gasteiger partial charge in [-0.05, 0) is 12.8 Å². The molecule has 1 amide bonds. The summed E-state index contributed by atoms with van der Waals surface area (Å²) in [4.78, 5) is 17.7. The summed E-state index contributed by atoms with van der Waals surface area (Å²) in [6, 6.07) is 0. The molecule has 3 rings (SSSR count). The Morgan fingerprint density at radius 3 is 2.83 bits per heavy atom. The van der Waals surface area contributed by atoms with Crippen LogP contribution in [0.25, 0.3) is 0 Å². The standard InChI is InChI=1S/C14H16F3N5O/c1-21-8-11(14(15,16)17)20-12(21)9-3-2-4-22(7-9)13(23)10-5-18-19-6-10/h5-6,8-9H,2-4,7H2,1H3,(H,18,19). The van der Waals surface area contributed by atoms with E-state index in [9.17, 15) is 18.0 Å². The predicted molar refractivity (Wildman–Crippen MR) is 74.7 cm³/mol. The number of aromatic nitrogens is 4. The van der Waals surface area contributed by atoms with Crippen molar-refractivity contribution in [2.24, 2.45) is 7.05 Å². The summed E-state index contributed by atoms with van der Waals surface area (Å²) in [5.41, 5.74) is -0.449. The van der Waals surface area contributed by atoms with Gasteiger partial charge in [-0.15, -0.1) is 0 Å². The molecule has 1 aliphatic heterocycles. The first-order chi connectivity index (χ1) is 10.9. The van der Waals surface area contributed by atoms with Crippen LogP contribution < -0.4 is 0 Å². The Morgan fingerprint density at radius 2 is 2.22 bits per heavy atom. The highest BCUT2D eigenvalue weighted by atomic mass is 19.4. The summed E-state index contributed by atoms with van der Waals surface area (Å²) in [5, 5.41) is 6.33. The number of aryl methyl sites for hydroxylation is 1. The molecule has 9 heteroatoms. The second-order valence-electron chi connectivity index (χ2n) is 5.67. The van der Waals surface area contributed by atoms with Crippen molar-refractivity contribution >= 4 is 5.91 Å². The van der Waals surface area contributed by atoms with Gasteiger partial charge in [-0.1, -0.05) is 0 Å². The number of aromatic amines is 1. The third-order valence-electron chi connectivity index (χ3n) is 4.02. The van der Waals surface area contributed by atoms with Crippen LogP contribution >= 0.6 is 0 Å². The summed E-state index contributed by atoms with van der Waals surface area (Å²) >= 11 is 0. The third-order valence-corrected chi connectivity index (χ3v) is 4.02. The lowest BCUT2D eigenvalue weighted by atomic mass is 9.96. The molecule has 2 aromatic rings. The van der Waals surface area contributed by atoms with Gasteiger partial charge in [0.1, 0.15) is 5.82 Å². The van der Waals surface area contributed by atoms with Gasteiger partial charge in [-0.3, -0.25) is 9.89 Å². The lowest BCUT2D eigenvalue weighted by Crippen LogP contribution is -2.39. The summed E-state index contributed by atoms with van der Waals surface area (Å²) in [6.45, 7) is 0.934. The molecule has 0 aromatic carbocycles. The monoisotopic (exact) mass is 327 g/mol. The van der Waals surface area contributed by atoms with Crippen LogP contribution in [0.5, 0.6) is 0 Å². The fraction of sp³-hybridized carbons (Fsp3) is 0.500. The van der Waals surface area contributed by atoms with Gasteiger partial charge in [-0.2, -0.15) is 18.3 Å². The van der Waals surface area contributed by atoms with Gasteiger partial charge in [0.15, 0.2) is 5.69 Å². The minimum Gasteiger partial charge on any atom is -0.338 e. The molecule has 3 heterocycles. The summed E-state index contributed by atoms with van der Waals surface area (Å²) in [7, 11) is 1.55. The molecular weight excluding hydrogens is 311 g/mol. The highest BCUT2D eigenvalue weighted by Gasteiger charge is 2.36. The maximum absolute atomic E-state index is 12.8. The average molecular weight is 327 g/mol. The third kappa shape index (κ3) is 3.08. The molecule has 124 valence electrons. The van der Waals surface area contributed by atoms with Crippen LogP contribution in [-0.4, -0.2) is 43.6 Å². The van der Waals surface area contributed by atoms with Crippen LogP contribution in [0.15, 0.2) is 18.6 Å². The minimum absolute atomic E-state index is 0.172. The van der Waals surface area contributed by atoms with Crippen molar-refractivity contribution in [2.45, 2.75) is 24.9 Å². The van der Waals surface area contributed by atoms with Gasteiger partial charge in [0.05, 0.1) is 11.8 Å². The minimum atomic E-state index is -4.46. The van der Waals surface area contributed by atoms with Crippen LogP contribution in [0, 0.1) is 0 Å². The van der Waals surface area contributed by atoms with Crippen molar-refractivity contribution < 1.29 is 18.0 Å². The number of nitrogens with zero attached hydrogens (tertiary/aromatic N) is 4. The molecule has 6 nitrogen and oxygen atoms in total. The normalized spacial score (nSPS) is 19.1. The molecular formula is C14H16F3N5O. The van der Waals surface area contributed by atoms with Crippen LogP contribution in [0.3, 0.4) is 0 Å². The molecule has 0 bridgehead atoms. The van der Waals surface area contributed by atoms with Crippen molar-refractivity contribution in [3.05, 3.63) is 35.7 Å². The number of nitrogens with one attached hydrogen (secondary N) is 1. The highest BCUT2D eigenvalue weighted by Crippen LogP contribution is 2.32. The number of halogens is 3. The second kappa shape index (κ2) is 5.71. The number of rotatable bonds is 2. The van der Waals surface area contributed by atoms with Crippen LogP contribution in [0.1, 0.15) is 40.6 Å². The average Bonchev–Trinajstić information content (AvgIpc) is 3.15. The van der Waals surface area contributed by atoms with E-state index in [0.717, 1.165) is 12.6 Å². The van der Waals surface area contributed by atoms with E-state index in [1.807, 2.05) is 0 Å². The van der Waals surface area contributed by atoms with Gasteiger partial charge in [-0.25, -0.2) is 4.98 Å². The van der Waals surface area contributed by atoms with Crippen LogP contribution in [0.4, 0.5) is 13.2 Å². The largest absolute Gasteiger partial charge is 0.434 e. The molecule has 23 heavy (non-hydrogen) atoms. The Labute approximate surface area is 130 Å². The number of hydrogen-bond donors (Lipinski definition) is 1. The van der Waals surface area contributed by atoms with Crippen molar-refractivity contribution in [3.63, 3.8) is 0 Å². The van der Waals surface area contributed by atoms with Crippen molar-refractivity contribution in [1.82, 2.24) is 24.6 Å². The summed E-state index contributed by atoms with van der Waals surface area (Å²) in [6.07, 6.45) is 0.909. The molecule has 1 N–H and O–H groups in total. The number of imidazole rings is 1. The summed E-state index contributed by atoms with van der Waals surface area (Å²) in [5.74, 6) is -0.0172. The Morgan fingerprint density at radius 1 is 1.43 bits per heavy atom. The van der Waals surface area contributed by atoms with Gasteiger partial charge >= 0.3 is 6.18 Å². The Kier molecular flexibility index (Phi) is 3.87. The van der Waals surface area contributed by atoms with Crippen molar-refractivity contribution in [2.75, 3.05) is 13.1 Å². The number of piperidine rings is 1. The fourth-order valence-corrected chi connectivity index (χ4v) is 2.92. The smallest absolute Gasteiger partial charge is 0.338 e. The zero-order chi connectivity index (χ0) is 16.6. The highest BCUT2D eigenvalue weighted by molar-refractivity contribution is 5.93. The van der Waals surface area contributed by atoms with Gasteiger partial charge in [0.2, 0.25) is 0 Å². The quantitative estimate of drug-likeness (QED) is 0.919. The van der Waals surface area contributed by atoms with Crippen molar-refractivity contribution in [1.29, 1.82) is 0 Å². The molecule has 1 fully saturated rings. The van der Waals surface area contributed by atoms with Gasteiger partial charge < -0.3 is 9.47 Å². The van der Waals surface area contributed by atoms with Gasteiger partial charge in [0.25, 0.3) is 5.91 Å². The lowest BCUT2D eigenvalue weighted by molar-refractivity contribution is -0.141. The Balaban J connectivity index is 1.79. The molecule has 0 radical (unpaired) electrons. The number of amides is 1. The van der Waals surface area contributed by atoms with E-state index in [1.54, 1.807) is 11.9 Å². The fourth-order valence-electron chi connectivity index (χ4n) is 2.92. The van der Waals surface area contributed by atoms with E-state index in [4.69, 9.17) is 0 Å². The molecule has 1 unspecified atom stereocenters. The second-order valence-corrected chi connectivity index (χ2v) is 5.67. The van der Waals surface area contributed by atoms with Gasteiger partial charge in [0, 0.05) is 38.4 Å². The first-order valence-electron chi connectivity index (χ1n) is 7.25. The number of hydrogen-bond acceptors (Lipinski definition) is 3. The number of carbonyl (C=O) groups excluding carboxylic acids is 1. The van der Waals surface area contributed by atoms with E-state index in [0.29, 0.717) is 30.9 Å². The SMILES string of the molecule is Cn1cc(C(F)(F)F)nc1C1CCCN(C(=O)c2cn[nH]c2)C1. The molecule has 1 atom stereocenters. The van der Waals surface area contributed by atoms with E-state index >= 15 is 0 Å². The van der Waals surface area contributed by atoms with E-state index in [2.05, 4.69) is 15.2 Å². The summed E-state index contributed by atoms with van der Waals surface area (Å²) < 4.78 is 39.8. The van der Waals surface area contributed by atoms with Crippen molar-refractivity contribution in [3.8, 4) is 0 Å². The first kappa shape index (κ1) is 15.6. The van der Waals surface area contributed by atoms with Crippen LogP contribution in [0.2, 0.25) is 0 Å². The number of H-pyrrole nitrogens is 1. The zero-order valence-corrected chi connectivity index (χ0v) is 12.5. The van der Waals surface area contributed by atoms with E-state index < -0.39 is 11.9 Å². The number of carbonyl (C=O) groups is 1. The molecule has 0 saturated carbocycles. The molecule has 0 spiro atoms. The van der Waals surface area contributed by atoms with Crippen LogP contribution in [-0.2, 0) is 13.2 Å². The molecule has 2 aromatic heterocycles. The maximum atomic E-state index is 12.8. The first-order valence-corrected chi connectivity index (χ1v) is 7.25.